The smallest absolute Gasteiger partial charge is 0.273 e. The number of nitro groups is 1. The van der Waals surface area contributed by atoms with Gasteiger partial charge in [0.05, 0.1) is 23.1 Å². The van der Waals surface area contributed by atoms with Crippen molar-refractivity contribution in [2.75, 3.05) is 11.9 Å². The summed E-state index contributed by atoms with van der Waals surface area (Å²) in [6, 6.07) is 5.43. The lowest BCUT2D eigenvalue weighted by atomic mass is 10.1. The molecule has 1 rings (SSSR count). The van der Waals surface area contributed by atoms with Crippen LogP contribution in [-0.4, -0.2) is 18.0 Å². The first-order chi connectivity index (χ1) is 8.38. The zero-order chi connectivity index (χ0) is 13.9. The summed E-state index contributed by atoms with van der Waals surface area (Å²) in [5.41, 5.74) is 1.54. The summed E-state index contributed by atoms with van der Waals surface area (Å²) in [4.78, 5) is 12.4. The van der Waals surface area contributed by atoms with Gasteiger partial charge in [0.1, 0.15) is 0 Å². The van der Waals surface area contributed by atoms with E-state index in [1.54, 1.807) is 13.0 Å². The second-order valence-electron chi connectivity index (χ2n) is 4.17. The molecule has 0 aliphatic rings. The lowest BCUT2D eigenvalue weighted by molar-refractivity contribution is -0.385. The van der Waals surface area contributed by atoms with Gasteiger partial charge in [0.2, 0.25) is 0 Å². The van der Waals surface area contributed by atoms with Gasteiger partial charge in [-0.1, -0.05) is 0 Å². The lowest BCUT2D eigenvalue weighted by Gasteiger charge is -2.26. The van der Waals surface area contributed by atoms with Gasteiger partial charge in [-0.3, -0.25) is 10.1 Å². The normalized spacial score (nSPS) is 11.7. The SMILES string of the molecule is Cc1cc(N(C)C(C)CC#N)c(Br)cc1[N+](=O)[O-]. The molecule has 18 heavy (non-hydrogen) atoms. The van der Waals surface area contributed by atoms with Gasteiger partial charge in [-0.15, -0.1) is 0 Å². The third-order valence-electron chi connectivity index (χ3n) is 2.89. The molecule has 1 aromatic rings. The third kappa shape index (κ3) is 2.99. The number of rotatable bonds is 4. The Morgan fingerprint density at radius 1 is 1.61 bits per heavy atom. The first-order valence-corrected chi connectivity index (χ1v) is 6.22. The Labute approximate surface area is 114 Å². The van der Waals surface area contributed by atoms with Gasteiger partial charge in [-0.2, -0.15) is 5.26 Å². The highest BCUT2D eigenvalue weighted by Gasteiger charge is 2.18. The Morgan fingerprint density at radius 2 is 2.22 bits per heavy atom. The quantitative estimate of drug-likeness (QED) is 0.631. The average molecular weight is 312 g/mol. The van der Waals surface area contributed by atoms with E-state index in [9.17, 15) is 10.1 Å². The van der Waals surface area contributed by atoms with Gasteiger partial charge < -0.3 is 4.90 Å². The number of hydrogen-bond donors (Lipinski definition) is 0. The van der Waals surface area contributed by atoms with Crippen LogP contribution < -0.4 is 4.90 Å². The lowest BCUT2D eigenvalue weighted by Crippen LogP contribution is -2.28. The zero-order valence-electron chi connectivity index (χ0n) is 10.5. The molecule has 1 aromatic carbocycles. The molecule has 6 heteroatoms. The number of nitriles is 1. The van der Waals surface area contributed by atoms with Gasteiger partial charge >= 0.3 is 0 Å². The molecule has 0 saturated heterocycles. The summed E-state index contributed by atoms with van der Waals surface area (Å²) in [5.74, 6) is 0. The first-order valence-electron chi connectivity index (χ1n) is 5.42. The maximum absolute atomic E-state index is 10.8. The molecule has 1 atom stereocenters. The van der Waals surface area contributed by atoms with Crippen molar-refractivity contribution in [2.45, 2.75) is 26.3 Å². The molecule has 0 bridgehead atoms. The molecule has 96 valence electrons. The van der Waals surface area contributed by atoms with Crippen LogP contribution in [0.2, 0.25) is 0 Å². The second kappa shape index (κ2) is 5.83. The largest absolute Gasteiger partial charge is 0.370 e. The fraction of sp³-hybridized carbons (Fsp3) is 0.417. The van der Waals surface area contributed by atoms with Crippen molar-refractivity contribution >= 4 is 27.3 Å². The number of aryl methyl sites for hydroxylation is 1. The van der Waals surface area contributed by atoms with Gasteiger partial charge in [0.15, 0.2) is 0 Å². The monoisotopic (exact) mass is 311 g/mol. The van der Waals surface area contributed by atoms with E-state index in [2.05, 4.69) is 22.0 Å². The van der Waals surface area contributed by atoms with E-state index in [1.807, 2.05) is 18.9 Å². The van der Waals surface area contributed by atoms with Crippen LogP contribution in [0.5, 0.6) is 0 Å². The summed E-state index contributed by atoms with van der Waals surface area (Å²) >= 11 is 3.34. The fourth-order valence-electron chi connectivity index (χ4n) is 1.63. The minimum atomic E-state index is -0.400. The number of nitrogens with zero attached hydrogens (tertiary/aromatic N) is 3. The standard InChI is InChI=1S/C12H14BrN3O2/c1-8-6-12(15(3)9(2)4-5-14)10(13)7-11(8)16(17)18/h6-7,9H,4H2,1-3H3. The molecule has 0 N–H and O–H groups in total. The highest BCUT2D eigenvalue weighted by Crippen LogP contribution is 2.33. The number of benzene rings is 1. The summed E-state index contributed by atoms with van der Waals surface area (Å²) in [7, 11) is 1.87. The van der Waals surface area contributed by atoms with Crippen molar-refractivity contribution in [3.05, 3.63) is 32.3 Å². The third-order valence-corrected chi connectivity index (χ3v) is 3.53. The minimum absolute atomic E-state index is 0.0483. The van der Waals surface area contributed by atoms with E-state index < -0.39 is 4.92 Å². The van der Waals surface area contributed by atoms with Crippen molar-refractivity contribution in [3.8, 4) is 6.07 Å². The Kier molecular flexibility index (Phi) is 4.68. The number of nitro benzene ring substituents is 1. The molecule has 0 aliphatic heterocycles. The topological polar surface area (TPSA) is 70.2 Å². The fourth-order valence-corrected chi connectivity index (χ4v) is 2.24. The second-order valence-corrected chi connectivity index (χ2v) is 5.02. The van der Waals surface area contributed by atoms with Gasteiger partial charge in [-0.05, 0) is 35.8 Å². The van der Waals surface area contributed by atoms with Crippen LogP contribution >= 0.6 is 15.9 Å². The summed E-state index contributed by atoms with van der Waals surface area (Å²) in [6.07, 6.45) is 0.402. The number of hydrogen-bond acceptors (Lipinski definition) is 4. The Balaban J connectivity index is 3.16. The van der Waals surface area contributed by atoms with Crippen LogP contribution in [0.15, 0.2) is 16.6 Å². The summed E-state index contributed by atoms with van der Waals surface area (Å²) in [6.45, 7) is 3.64. The molecule has 0 aliphatic carbocycles. The van der Waals surface area contributed by atoms with Crippen molar-refractivity contribution in [1.82, 2.24) is 0 Å². The van der Waals surface area contributed by atoms with Crippen LogP contribution in [0, 0.1) is 28.4 Å². The van der Waals surface area contributed by atoms with E-state index in [-0.39, 0.29) is 11.7 Å². The van der Waals surface area contributed by atoms with Gasteiger partial charge in [0, 0.05) is 29.2 Å². The summed E-state index contributed by atoms with van der Waals surface area (Å²) < 4.78 is 0.659. The number of halogens is 1. The molecule has 0 saturated carbocycles. The molecule has 0 aromatic heterocycles. The molecule has 0 spiro atoms. The van der Waals surface area contributed by atoms with Crippen molar-refractivity contribution < 1.29 is 4.92 Å². The maximum atomic E-state index is 10.8. The van der Waals surface area contributed by atoms with Crippen molar-refractivity contribution in [1.29, 1.82) is 5.26 Å². The predicted octanol–water partition coefficient (Wildman–Crippen LogP) is 3.40. The zero-order valence-corrected chi connectivity index (χ0v) is 12.1. The van der Waals surface area contributed by atoms with Crippen molar-refractivity contribution in [2.24, 2.45) is 0 Å². The van der Waals surface area contributed by atoms with Crippen LogP contribution in [-0.2, 0) is 0 Å². The highest BCUT2D eigenvalue weighted by molar-refractivity contribution is 9.10. The summed E-state index contributed by atoms with van der Waals surface area (Å²) in [5, 5.41) is 19.5. The van der Waals surface area contributed by atoms with E-state index in [4.69, 9.17) is 5.26 Å². The molecule has 0 fully saturated rings. The highest BCUT2D eigenvalue weighted by atomic mass is 79.9. The predicted molar refractivity (Wildman–Crippen MR) is 73.6 cm³/mol. The Hall–Kier alpha value is -1.61. The van der Waals surface area contributed by atoms with E-state index >= 15 is 0 Å². The van der Waals surface area contributed by atoms with Crippen LogP contribution in [0.4, 0.5) is 11.4 Å². The van der Waals surface area contributed by atoms with Gasteiger partial charge in [-0.25, -0.2) is 0 Å². The van der Waals surface area contributed by atoms with Crippen LogP contribution in [0.1, 0.15) is 18.9 Å². The van der Waals surface area contributed by atoms with Crippen LogP contribution in [0.3, 0.4) is 0 Å². The molecular weight excluding hydrogens is 298 g/mol. The Bertz CT molecular complexity index is 511. The molecule has 0 heterocycles. The van der Waals surface area contributed by atoms with Crippen molar-refractivity contribution in [3.63, 3.8) is 0 Å². The maximum Gasteiger partial charge on any atom is 0.273 e. The van der Waals surface area contributed by atoms with E-state index in [0.29, 0.717) is 16.5 Å². The minimum Gasteiger partial charge on any atom is -0.370 e. The van der Waals surface area contributed by atoms with E-state index in [0.717, 1.165) is 5.69 Å². The van der Waals surface area contributed by atoms with E-state index in [1.165, 1.54) is 6.07 Å². The molecule has 5 nitrogen and oxygen atoms in total. The number of anilines is 1. The van der Waals surface area contributed by atoms with Crippen LogP contribution in [0.25, 0.3) is 0 Å². The first kappa shape index (κ1) is 14.5. The average Bonchev–Trinajstić information content (AvgIpc) is 2.30. The molecule has 0 amide bonds. The van der Waals surface area contributed by atoms with Gasteiger partial charge in [0.25, 0.3) is 5.69 Å². The molecule has 1 unspecified atom stereocenters. The molecular formula is C12H14BrN3O2. The Morgan fingerprint density at radius 3 is 2.72 bits per heavy atom. The molecule has 0 radical (unpaired) electrons.